The molecule has 0 aliphatic carbocycles. The lowest BCUT2D eigenvalue weighted by atomic mass is 9.86. The molecule has 13 heteroatoms. The maximum atomic E-state index is 14.7. The van der Waals surface area contributed by atoms with Crippen molar-refractivity contribution in [3.8, 4) is 0 Å². The monoisotopic (exact) mass is 474 g/mol. The number of benzene rings is 2. The van der Waals surface area contributed by atoms with Gasteiger partial charge >= 0.3 is 0 Å². The molecule has 1 saturated heterocycles. The van der Waals surface area contributed by atoms with E-state index in [1.807, 2.05) is 0 Å². The number of ether oxygens (including phenoxy) is 1. The van der Waals surface area contributed by atoms with Crippen LogP contribution in [0.1, 0.15) is 22.8 Å². The molecule has 1 aliphatic rings. The first kappa shape index (κ1) is 22.7. The fourth-order valence-corrected chi connectivity index (χ4v) is 3.79. The molecule has 1 aromatic heterocycles. The third kappa shape index (κ3) is 3.52. The molecule has 3 aromatic rings. The molecule has 1 aliphatic heterocycles. The standard InChI is InChI=1S/C20H13F7N4O2/c1-9-20(5-30-7-28-6-29-30,11-3-2-10(21)4-12(11)22)33-8-31(9)19(32)13-14(23)16(25)18(27)17(26)15(13)24/h2-4,6-7,9H,5,8H2,1H3/t9?,20-/m1/s1. The van der Waals surface area contributed by atoms with Crippen LogP contribution in [0.5, 0.6) is 0 Å². The molecule has 0 radical (unpaired) electrons. The Labute approximate surface area is 181 Å². The first-order valence-corrected chi connectivity index (χ1v) is 9.32. The number of hydrogen-bond donors (Lipinski definition) is 0. The number of amides is 1. The summed E-state index contributed by atoms with van der Waals surface area (Å²) in [6.07, 6.45) is 2.40. The van der Waals surface area contributed by atoms with Gasteiger partial charge in [0.05, 0.1) is 12.6 Å². The smallest absolute Gasteiger partial charge is 0.262 e. The molecule has 2 aromatic carbocycles. The molecule has 2 heterocycles. The summed E-state index contributed by atoms with van der Waals surface area (Å²) >= 11 is 0. The van der Waals surface area contributed by atoms with Gasteiger partial charge in [-0.25, -0.2) is 40.4 Å². The van der Waals surface area contributed by atoms with Crippen molar-refractivity contribution in [1.82, 2.24) is 19.7 Å². The molecule has 1 fully saturated rings. The van der Waals surface area contributed by atoms with E-state index >= 15 is 0 Å². The first-order valence-electron chi connectivity index (χ1n) is 9.32. The largest absolute Gasteiger partial charge is 0.346 e. The average molecular weight is 474 g/mol. The summed E-state index contributed by atoms with van der Waals surface area (Å²) in [7, 11) is 0. The van der Waals surface area contributed by atoms with Crippen molar-refractivity contribution < 1.29 is 40.3 Å². The molecule has 174 valence electrons. The molecule has 4 rings (SSSR count). The summed E-state index contributed by atoms with van der Waals surface area (Å²) in [5.74, 6) is -15.1. The summed E-state index contributed by atoms with van der Waals surface area (Å²) < 4.78 is 104. The third-order valence-corrected chi connectivity index (χ3v) is 5.54. The van der Waals surface area contributed by atoms with Gasteiger partial charge in [0.15, 0.2) is 23.3 Å². The Morgan fingerprint density at radius 3 is 2.27 bits per heavy atom. The fourth-order valence-electron chi connectivity index (χ4n) is 3.79. The highest BCUT2D eigenvalue weighted by molar-refractivity contribution is 5.95. The maximum Gasteiger partial charge on any atom is 0.262 e. The van der Waals surface area contributed by atoms with Crippen LogP contribution in [0.15, 0.2) is 30.9 Å². The quantitative estimate of drug-likeness (QED) is 0.329. The van der Waals surface area contributed by atoms with E-state index in [1.165, 1.54) is 17.9 Å². The van der Waals surface area contributed by atoms with Crippen molar-refractivity contribution in [3.05, 3.63) is 82.7 Å². The van der Waals surface area contributed by atoms with Crippen LogP contribution >= 0.6 is 0 Å². The number of carbonyl (C=O) groups excluding carboxylic acids is 1. The SMILES string of the molecule is CC1N(C(=O)c2c(F)c(F)c(F)c(F)c2F)CO[C@@]1(Cn1cncn1)c1ccc(F)cc1F. The minimum absolute atomic E-state index is 0.223. The second-order valence-corrected chi connectivity index (χ2v) is 7.28. The Bertz CT molecular complexity index is 1210. The second-order valence-electron chi connectivity index (χ2n) is 7.28. The van der Waals surface area contributed by atoms with Crippen LogP contribution in [0, 0.1) is 40.7 Å². The van der Waals surface area contributed by atoms with E-state index in [-0.39, 0.29) is 12.1 Å². The lowest BCUT2D eigenvalue weighted by Crippen LogP contribution is -2.47. The van der Waals surface area contributed by atoms with Gasteiger partial charge in [0.2, 0.25) is 5.82 Å². The molecule has 6 nitrogen and oxygen atoms in total. The summed E-state index contributed by atoms with van der Waals surface area (Å²) in [5, 5.41) is 3.89. The van der Waals surface area contributed by atoms with E-state index in [2.05, 4.69) is 10.1 Å². The zero-order valence-corrected chi connectivity index (χ0v) is 16.6. The van der Waals surface area contributed by atoms with Crippen LogP contribution in [0.2, 0.25) is 0 Å². The Kier molecular flexibility index (Phi) is 5.60. The second kappa shape index (κ2) is 8.14. The third-order valence-electron chi connectivity index (χ3n) is 5.54. The lowest BCUT2D eigenvalue weighted by Gasteiger charge is -2.34. The maximum absolute atomic E-state index is 14.7. The number of rotatable bonds is 4. The Morgan fingerprint density at radius 2 is 1.70 bits per heavy atom. The highest BCUT2D eigenvalue weighted by Gasteiger charge is 2.52. The number of nitrogens with zero attached hydrogens (tertiary/aromatic N) is 4. The van der Waals surface area contributed by atoms with Gasteiger partial charge in [-0.1, -0.05) is 6.07 Å². The molecule has 1 unspecified atom stereocenters. The van der Waals surface area contributed by atoms with Crippen LogP contribution in [-0.4, -0.2) is 38.3 Å². The van der Waals surface area contributed by atoms with Gasteiger partial charge in [0, 0.05) is 11.6 Å². The average Bonchev–Trinajstić information content (AvgIpc) is 3.39. The van der Waals surface area contributed by atoms with Crippen molar-refractivity contribution in [1.29, 1.82) is 0 Å². The van der Waals surface area contributed by atoms with Gasteiger partial charge in [-0.05, 0) is 13.0 Å². The van der Waals surface area contributed by atoms with E-state index in [1.54, 1.807) is 0 Å². The molecule has 0 bridgehead atoms. The zero-order chi connectivity index (χ0) is 24.1. The number of halogens is 7. The topological polar surface area (TPSA) is 60.2 Å². The van der Waals surface area contributed by atoms with Crippen molar-refractivity contribution in [2.24, 2.45) is 0 Å². The highest BCUT2D eigenvalue weighted by Crippen LogP contribution is 2.41. The van der Waals surface area contributed by atoms with Crippen LogP contribution < -0.4 is 0 Å². The molecular weight excluding hydrogens is 461 g/mol. The van der Waals surface area contributed by atoms with Gasteiger partial charge in [0.25, 0.3) is 5.91 Å². The summed E-state index contributed by atoms with van der Waals surface area (Å²) in [6, 6.07) is 1.34. The van der Waals surface area contributed by atoms with Crippen LogP contribution in [0.4, 0.5) is 30.7 Å². The molecule has 0 N–H and O–H groups in total. The van der Waals surface area contributed by atoms with Crippen molar-refractivity contribution in [3.63, 3.8) is 0 Å². The van der Waals surface area contributed by atoms with Crippen LogP contribution in [0.25, 0.3) is 0 Å². The van der Waals surface area contributed by atoms with Gasteiger partial charge in [-0.15, -0.1) is 0 Å². The minimum Gasteiger partial charge on any atom is -0.346 e. The normalized spacial score (nSPS) is 20.5. The number of aromatic nitrogens is 3. The van der Waals surface area contributed by atoms with Crippen LogP contribution in [0.3, 0.4) is 0 Å². The Balaban J connectivity index is 1.80. The molecule has 1 amide bonds. The van der Waals surface area contributed by atoms with E-state index in [4.69, 9.17) is 4.74 Å². The van der Waals surface area contributed by atoms with E-state index in [0.29, 0.717) is 11.0 Å². The first-order chi connectivity index (χ1) is 15.6. The molecule has 0 saturated carbocycles. The van der Waals surface area contributed by atoms with Gasteiger partial charge in [0.1, 0.15) is 42.2 Å². The fraction of sp³-hybridized carbons (Fsp3) is 0.250. The molecule has 0 spiro atoms. The Morgan fingerprint density at radius 1 is 1.06 bits per heavy atom. The van der Waals surface area contributed by atoms with E-state index < -0.39 is 70.6 Å². The van der Waals surface area contributed by atoms with Crippen molar-refractivity contribution in [2.75, 3.05) is 6.73 Å². The lowest BCUT2D eigenvalue weighted by molar-refractivity contribution is -0.0274. The van der Waals surface area contributed by atoms with Gasteiger partial charge < -0.3 is 9.64 Å². The van der Waals surface area contributed by atoms with Crippen molar-refractivity contribution in [2.45, 2.75) is 25.1 Å². The predicted molar refractivity (Wildman–Crippen MR) is 95.9 cm³/mol. The predicted octanol–water partition coefficient (Wildman–Crippen LogP) is 3.67. The molecule has 2 atom stereocenters. The van der Waals surface area contributed by atoms with E-state index in [9.17, 15) is 35.5 Å². The summed E-state index contributed by atoms with van der Waals surface area (Å²) in [6.45, 7) is 0.333. The number of hydrogen-bond acceptors (Lipinski definition) is 4. The highest BCUT2D eigenvalue weighted by atomic mass is 19.2. The Hall–Kier alpha value is -3.48. The molecular formula is C20H13F7N4O2. The van der Waals surface area contributed by atoms with Gasteiger partial charge in [-0.3, -0.25) is 4.79 Å². The van der Waals surface area contributed by atoms with Crippen LogP contribution in [-0.2, 0) is 16.9 Å². The molecule has 33 heavy (non-hydrogen) atoms. The van der Waals surface area contributed by atoms with Gasteiger partial charge in [-0.2, -0.15) is 5.10 Å². The van der Waals surface area contributed by atoms with Crippen molar-refractivity contribution >= 4 is 5.91 Å². The minimum atomic E-state index is -2.42. The summed E-state index contributed by atoms with van der Waals surface area (Å²) in [4.78, 5) is 17.3. The summed E-state index contributed by atoms with van der Waals surface area (Å²) in [5.41, 5.74) is -3.68. The zero-order valence-electron chi connectivity index (χ0n) is 16.6. The van der Waals surface area contributed by atoms with E-state index in [0.717, 1.165) is 18.5 Å². The number of carbonyl (C=O) groups is 1.